The number of hydrogen-bond donors (Lipinski definition) is 5. The fourth-order valence-corrected chi connectivity index (χ4v) is 19.3. The van der Waals surface area contributed by atoms with E-state index in [1.165, 1.54) is 103 Å². The number of nitrogens with one attached hydrogen (secondary N) is 5. The number of rotatable bonds is 16. The first-order chi connectivity index (χ1) is 52.4. The molecule has 10 aromatic heterocycles. The maximum absolute atomic E-state index is 13.1. The molecule has 2 aromatic carbocycles. The van der Waals surface area contributed by atoms with Crippen LogP contribution in [0.3, 0.4) is 0 Å². The monoisotopic (exact) mass is 1560 g/mol. The highest BCUT2D eigenvalue weighted by molar-refractivity contribution is 7.22. The van der Waals surface area contributed by atoms with Crippen molar-refractivity contribution in [2.45, 2.75) is 214 Å². The Morgan fingerprint density at radius 1 is 0.339 bits per heavy atom. The average molecular weight is 1560 g/mol. The van der Waals surface area contributed by atoms with E-state index in [1.54, 1.807) is 14.2 Å². The number of amides is 5. The van der Waals surface area contributed by atoms with E-state index in [2.05, 4.69) is 116 Å². The van der Waals surface area contributed by atoms with Gasteiger partial charge in [-0.05, 0) is 264 Å². The summed E-state index contributed by atoms with van der Waals surface area (Å²) in [6.45, 7) is 24.1. The van der Waals surface area contributed by atoms with Crippen LogP contribution in [-0.4, -0.2) is 125 Å². The molecule has 4 unspecified atom stereocenters. The summed E-state index contributed by atoms with van der Waals surface area (Å²) in [5, 5.41) is 63.2. The van der Waals surface area contributed by atoms with Crippen molar-refractivity contribution in [3.8, 4) is 11.5 Å². The Labute approximate surface area is 652 Å². The van der Waals surface area contributed by atoms with Gasteiger partial charge < -0.3 is 36.1 Å². The second-order valence-electron chi connectivity index (χ2n) is 30.1. The molecular formula is C82H89N15O7S5. The summed E-state index contributed by atoms with van der Waals surface area (Å²) in [6.07, 6.45) is 13.3. The first kappa shape index (κ1) is 75.0. The third kappa shape index (κ3) is 16.2. The van der Waals surface area contributed by atoms with Crippen LogP contribution in [-0.2, 0) is 0 Å². The van der Waals surface area contributed by atoms with Crippen molar-refractivity contribution in [1.29, 1.82) is 0 Å². The van der Waals surface area contributed by atoms with Gasteiger partial charge in [0.05, 0.1) is 67.1 Å². The van der Waals surface area contributed by atoms with Crippen LogP contribution < -0.4 is 36.1 Å². The summed E-state index contributed by atoms with van der Waals surface area (Å²) in [4.78, 5) is 70.7. The van der Waals surface area contributed by atoms with Crippen LogP contribution in [0.4, 0.5) is 0 Å². The predicted octanol–water partition coefficient (Wildman–Crippen LogP) is 16.2. The molecule has 564 valence electrons. The third-order valence-corrected chi connectivity index (χ3v) is 27.5. The van der Waals surface area contributed by atoms with E-state index >= 15 is 0 Å². The van der Waals surface area contributed by atoms with Crippen molar-refractivity contribution in [3.05, 3.63) is 169 Å². The van der Waals surface area contributed by atoms with Crippen LogP contribution in [0, 0.1) is 83.1 Å². The molecule has 27 heteroatoms. The molecule has 10 heterocycles. The van der Waals surface area contributed by atoms with E-state index in [-0.39, 0.29) is 41.6 Å². The molecule has 4 atom stereocenters. The van der Waals surface area contributed by atoms with E-state index in [9.17, 15) is 24.0 Å². The fourth-order valence-electron chi connectivity index (χ4n) is 13.8. The quantitative estimate of drug-likeness (QED) is 0.0600. The molecule has 12 aromatic rings. The van der Waals surface area contributed by atoms with Crippen molar-refractivity contribution >= 4 is 137 Å². The molecule has 0 spiro atoms. The van der Waals surface area contributed by atoms with Crippen LogP contribution >= 0.6 is 56.7 Å². The van der Waals surface area contributed by atoms with Crippen LogP contribution in [0.25, 0.3) is 51.1 Å². The highest BCUT2D eigenvalue weighted by Crippen LogP contribution is 2.51. The third-order valence-electron chi connectivity index (χ3n) is 22.0. The van der Waals surface area contributed by atoms with Gasteiger partial charge in [-0.3, -0.25) is 24.0 Å². The van der Waals surface area contributed by atoms with E-state index in [1.807, 2.05) is 99.6 Å². The maximum atomic E-state index is 13.1. The zero-order valence-electron chi connectivity index (χ0n) is 63.7. The Balaban J connectivity index is 0.000000110. The Kier molecular flexibility index (Phi) is 21.2. The minimum atomic E-state index is -0.0106. The number of carbonyl (C=O) groups is 5. The Hall–Kier alpha value is -9.41. The minimum absolute atomic E-state index is 0.0106. The smallest absolute Gasteiger partial charge is 0.261 e. The number of nitrogens with zero attached hydrogens (tertiary/aromatic N) is 10. The van der Waals surface area contributed by atoms with E-state index in [0.717, 1.165) is 208 Å². The highest BCUT2D eigenvalue weighted by atomic mass is 32.1. The lowest BCUT2D eigenvalue weighted by Gasteiger charge is -2.07. The first-order valence-electron chi connectivity index (χ1n) is 37.5. The molecule has 0 bridgehead atoms. The van der Waals surface area contributed by atoms with Crippen molar-refractivity contribution in [2.24, 2.45) is 0 Å². The molecule has 7 aliphatic carbocycles. The summed E-state index contributed by atoms with van der Waals surface area (Å²) in [5.74, 6) is 3.70. The molecule has 5 N–H and O–H groups in total. The molecule has 0 radical (unpaired) electrons. The second-order valence-corrected chi connectivity index (χ2v) is 35.1. The van der Waals surface area contributed by atoms with Crippen LogP contribution in [0.15, 0.2) is 54.6 Å². The normalized spacial score (nSPS) is 18.1. The Morgan fingerprint density at radius 3 is 1.02 bits per heavy atom. The molecule has 22 nitrogen and oxygen atoms in total. The zero-order valence-corrected chi connectivity index (χ0v) is 67.8. The molecule has 5 amide bonds. The number of hydrogen-bond acceptors (Lipinski definition) is 22. The van der Waals surface area contributed by atoms with Crippen molar-refractivity contribution < 1.29 is 33.4 Å². The molecule has 7 saturated carbocycles. The van der Waals surface area contributed by atoms with Gasteiger partial charge in [0.2, 0.25) is 0 Å². The predicted molar refractivity (Wildman–Crippen MR) is 433 cm³/mol. The standard InChI is InChI=1S/C22H23N3O2S.C20H21N3O2S.C15H17N3OS.C13H15N3OS.C12H13N3OS/c1-11-12(2)24-25-22-18(11)19(14-4-5-14)20(28-22)21(26)23-17-10-16(17)13-6-8-15(27-3)9-7-13;1-10-12(3)22-23-20-17(10)11(2)18(26-20)19(24)21-16-9-15(16)13-5-7-14(25-4)8-6-13;1-7-8(2)17-18-15-11(7)12(9-3-4-9)13(20-15)14(19)16-10-5-6-10;1-6-8(3)15-16-13-10(6)7(2)11(18-13)12(17)14-9-4-5-9;1-6-7(2)14-15-12-9(6)5-10(17-12)11(16)13-8-3-4-8/h6-9,14,16-17H,4-5,10H2,1-3H3,(H,23,26);5-8,15-16H,9H2,1-4H3,(H,21,24);9-10H,3-6H2,1-2H3,(H,16,19);9H,4-5H2,1-3H3,(H,14,17);5,8H,3-4H2,1-2H3,(H,13,16). The number of aromatic nitrogens is 10. The number of methoxy groups -OCH3 is 2. The molecule has 0 aliphatic heterocycles. The van der Waals surface area contributed by atoms with Gasteiger partial charge in [0.15, 0.2) is 0 Å². The van der Waals surface area contributed by atoms with E-state index in [0.29, 0.717) is 41.8 Å². The Morgan fingerprint density at radius 2 is 0.651 bits per heavy atom. The molecule has 19 rings (SSSR count). The largest absolute Gasteiger partial charge is 0.497 e. The van der Waals surface area contributed by atoms with Crippen molar-refractivity contribution in [3.63, 3.8) is 0 Å². The summed E-state index contributed by atoms with van der Waals surface area (Å²) >= 11 is 7.28. The number of benzene rings is 2. The lowest BCUT2D eigenvalue weighted by atomic mass is 10.0. The summed E-state index contributed by atoms with van der Waals surface area (Å²) < 4.78 is 10.4. The van der Waals surface area contributed by atoms with Gasteiger partial charge in [-0.15, -0.1) is 82.2 Å². The topological polar surface area (TPSA) is 293 Å². The van der Waals surface area contributed by atoms with Crippen LogP contribution in [0.5, 0.6) is 11.5 Å². The average Bonchev–Trinajstić information content (AvgIpc) is 1.59. The van der Waals surface area contributed by atoms with Gasteiger partial charge in [-0.25, -0.2) is 0 Å². The molecule has 7 aliphatic rings. The molecule has 0 saturated heterocycles. The summed E-state index contributed by atoms with van der Waals surface area (Å²) in [5.41, 5.74) is 17.3. The van der Waals surface area contributed by atoms with Gasteiger partial charge in [-0.2, -0.15) is 25.5 Å². The maximum Gasteiger partial charge on any atom is 0.261 e. The molecule has 109 heavy (non-hydrogen) atoms. The SMILES string of the molecule is COc1ccc(C2CC2NC(=O)c2sc3nnc(C)c(C)c3c2C)cc1.COc1ccc(C2CC2NC(=O)c2sc3nnc(C)c(C)c3c2C2CC2)cc1.Cc1nnc2sc(C(=O)NC3CC3)c(C)c2c1C.Cc1nnc2sc(C(=O)NC3CC3)c(C3CC3)c2c1C.Cc1nnc2sc(C(=O)NC3CC3)cc2c1C. The van der Waals surface area contributed by atoms with E-state index in [4.69, 9.17) is 9.47 Å². The van der Waals surface area contributed by atoms with Gasteiger partial charge in [0.25, 0.3) is 29.5 Å². The molecule has 7 fully saturated rings. The number of thiophene rings is 5. The number of ether oxygens (including phenoxy) is 2. The number of fused-ring (bicyclic) bond motifs is 5. The highest BCUT2D eigenvalue weighted by Gasteiger charge is 2.43. The first-order valence-corrected chi connectivity index (χ1v) is 41.6. The minimum Gasteiger partial charge on any atom is -0.497 e. The van der Waals surface area contributed by atoms with Crippen LogP contribution in [0.2, 0.25) is 0 Å². The lowest BCUT2D eigenvalue weighted by molar-refractivity contribution is 0.0945. The van der Waals surface area contributed by atoms with Crippen molar-refractivity contribution in [1.82, 2.24) is 77.6 Å². The van der Waals surface area contributed by atoms with E-state index < -0.39 is 0 Å². The second kappa shape index (κ2) is 30.8. The summed E-state index contributed by atoms with van der Waals surface area (Å²) in [7, 11) is 3.33. The van der Waals surface area contributed by atoms with Gasteiger partial charge in [0.1, 0.15) is 35.7 Å². The lowest BCUT2D eigenvalue weighted by Crippen LogP contribution is -2.26. The number of aryl methyl sites for hydroxylation is 12. The van der Waals surface area contributed by atoms with Crippen molar-refractivity contribution in [2.75, 3.05) is 14.2 Å². The van der Waals surface area contributed by atoms with Gasteiger partial charge >= 0.3 is 0 Å². The Bertz CT molecular complexity index is 5590. The van der Waals surface area contributed by atoms with Crippen LogP contribution in [0.1, 0.15) is 239 Å². The fraction of sp³-hybridized carbons (Fsp3) is 0.427. The molecular weight excluding hydrogens is 1470 g/mol. The summed E-state index contributed by atoms with van der Waals surface area (Å²) in [6, 6.07) is 19.7. The zero-order chi connectivity index (χ0) is 76.5. The van der Waals surface area contributed by atoms with Gasteiger partial charge in [0, 0.05) is 69.0 Å². The van der Waals surface area contributed by atoms with Gasteiger partial charge in [-0.1, -0.05) is 24.3 Å². The number of carbonyl (C=O) groups excluding carboxylic acids is 5.